The van der Waals surface area contributed by atoms with Crippen LogP contribution in [0.3, 0.4) is 0 Å². The van der Waals surface area contributed by atoms with Crippen LogP contribution in [-0.4, -0.2) is 23.6 Å². The van der Waals surface area contributed by atoms with Crippen molar-refractivity contribution < 1.29 is 9.90 Å². The van der Waals surface area contributed by atoms with Crippen LogP contribution in [0.25, 0.3) is 0 Å². The van der Waals surface area contributed by atoms with Crippen molar-refractivity contribution >= 4 is 11.6 Å². The highest BCUT2D eigenvalue weighted by molar-refractivity contribution is 5.82. The summed E-state index contributed by atoms with van der Waals surface area (Å²) in [6.45, 7) is 0.543. The normalized spacial score (nSPS) is 12.1. The molecule has 0 saturated heterocycles. The van der Waals surface area contributed by atoms with Crippen molar-refractivity contribution in [3.63, 3.8) is 0 Å². The highest BCUT2D eigenvalue weighted by Gasteiger charge is 2.13. The van der Waals surface area contributed by atoms with Gasteiger partial charge in [0.15, 0.2) is 0 Å². The molecule has 5 nitrogen and oxygen atoms in total. The number of primary amides is 1. The molecule has 17 heavy (non-hydrogen) atoms. The third-order valence-electron chi connectivity index (χ3n) is 2.52. The maximum atomic E-state index is 11.2. The fraction of sp³-hybridized carbons (Fsp3) is 0.417. The second kappa shape index (κ2) is 6.88. The molecule has 0 aliphatic carbocycles. The van der Waals surface area contributed by atoms with Crippen LogP contribution in [-0.2, 0) is 11.4 Å². The molecule has 6 N–H and O–H groups in total. The molecule has 5 heteroatoms. The molecule has 94 valence electrons. The van der Waals surface area contributed by atoms with Gasteiger partial charge in [-0.3, -0.25) is 4.79 Å². The Labute approximate surface area is 101 Å². The highest BCUT2D eigenvalue weighted by atomic mass is 16.3. The van der Waals surface area contributed by atoms with Crippen molar-refractivity contribution in [2.45, 2.75) is 25.5 Å². The fourth-order valence-corrected chi connectivity index (χ4v) is 1.52. The van der Waals surface area contributed by atoms with E-state index >= 15 is 0 Å². The lowest BCUT2D eigenvalue weighted by Gasteiger charge is -2.16. The number of carbonyl (C=O) groups is 1. The molecule has 0 heterocycles. The molecule has 1 aromatic rings. The monoisotopic (exact) mass is 237 g/mol. The van der Waals surface area contributed by atoms with Crippen LogP contribution in [0.1, 0.15) is 18.4 Å². The first-order chi connectivity index (χ1) is 8.17. The van der Waals surface area contributed by atoms with Gasteiger partial charge in [0.2, 0.25) is 5.91 Å². The van der Waals surface area contributed by atoms with Crippen LogP contribution >= 0.6 is 0 Å². The Bertz CT molecular complexity index is 351. The Morgan fingerprint density at radius 1 is 1.35 bits per heavy atom. The van der Waals surface area contributed by atoms with Gasteiger partial charge in [-0.25, -0.2) is 0 Å². The van der Waals surface area contributed by atoms with Gasteiger partial charge in [0, 0.05) is 5.69 Å². The summed E-state index contributed by atoms with van der Waals surface area (Å²) in [6, 6.07) is 6.80. The summed E-state index contributed by atoms with van der Waals surface area (Å²) in [5.41, 5.74) is 12.3. The summed E-state index contributed by atoms with van der Waals surface area (Å²) < 4.78 is 0. The van der Waals surface area contributed by atoms with Crippen molar-refractivity contribution in [2.24, 2.45) is 11.5 Å². The second-order valence-electron chi connectivity index (χ2n) is 3.89. The van der Waals surface area contributed by atoms with Gasteiger partial charge in [-0.1, -0.05) is 12.1 Å². The molecule has 1 atom stereocenters. The molecule has 1 aromatic carbocycles. The van der Waals surface area contributed by atoms with Crippen LogP contribution in [0, 0.1) is 0 Å². The summed E-state index contributed by atoms with van der Waals surface area (Å²) >= 11 is 0. The van der Waals surface area contributed by atoms with E-state index in [9.17, 15) is 4.79 Å². The molecule has 0 aliphatic heterocycles. The molecule has 0 spiro atoms. The summed E-state index contributed by atoms with van der Waals surface area (Å²) in [7, 11) is 0. The van der Waals surface area contributed by atoms with E-state index in [2.05, 4.69) is 5.32 Å². The minimum atomic E-state index is -0.404. The third kappa shape index (κ3) is 4.42. The van der Waals surface area contributed by atoms with Crippen LogP contribution in [0.2, 0.25) is 0 Å². The van der Waals surface area contributed by atoms with Gasteiger partial charge >= 0.3 is 0 Å². The zero-order valence-corrected chi connectivity index (χ0v) is 9.73. The van der Waals surface area contributed by atoms with E-state index < -0.39 is 6.04 Å². The second-order valence-corrected chi connectivity index (χ2v) is 3.89. The first kappa shape index (κ1) is 13.5. The SMILES string of the molecule is NCCC[C@H](Nc1ccc(CO)cc1)C(N)=O. The van der Waals surface area contributed by atoms with Crippen LogP contribution < -0.4 is 16.8 Å². The maximum Gasteiger partial charge on any atom is 0.239 e. The quantitative estimate of drug-likeness (QED) is 0.543. The summed E-state index contributed by atoms with van der Waals surface area (Å²) in [4.78, 5) is 11.2. The fourth-order valence-electron chi connectivity index (χ4n) is 1.52. The summed E-state index contributed by atoms with van der Waals surface area (Å²) in [5.74, 6) is -0.385. The van der Waals surface area contributed by atoms with Gasteiger partial charge < -0.3 is 21.9 Å². The largest absolute Gasteiger partial charge is 0.392 e. The zero-order valence-electron chi connectivity index (χ0n) is 9.73. The van der Waals surface area contributed by atoms with E-state index in [1.807, 2.05) is 12.1 Å². The molecular weight excluding hydrogens is 218 g/mol. The average molecular weight is 237 g/mol. The van der Waals surface area contributed by atoms with Crippen LogP contribution in [0.5, 0.6) is 0 Å². The number of aliphatic hydroxyl groups is 1. The van der Waals surface area contributed by atoms with Gasteiger partial charge in [-0.05, 0) is 37.1 Å². The molecule has 0 aromatic heterocycles. The van der Waals surface area contributed by atoms with Gasteiger partial charge in [0.25, 0.3) is 0 Å². The summed E-state index contributed by atoms with van der Waals surface area (Å²) in [5, 5.41) is 12.0. The third-order valence-corrected chi connectivity index (χ3v) is 2.52. The van der Waals surface area contributed by atoms with E-state index in [0.29, 0.717) is 13.0 Å². The van der Waals surface area contributed by atoms with E-state index in [0.717, 1.165) is 17.7 Å². The molecular formula is C12H19N3O2. The predicted octanol–water partition coefficient (Wildman–Crippen LogP) is 0.184. The lowest BCUT2D eigenvalue weighted by Crippen LogP contribution is -2.35. The Morgan fingerprint density at radius 2 is 2.00 bits per heavy atom. The van der Waals surface area contributed by atoms with Gasteiger partial charge in [-0.2, -0.15) is 0 Å². The number of carbonyl (C=O) groups excluding carboxylic acids is 1. The molecule has 0 bridgehead atoms. The smallest absolute Gasteiger partial charge is 0.239 e. The Balaban J connectivity index is 2.61. The van der Waals surface area contributed by atoms with Gasteiger partial charge in [0.05, 0.1) is 6.61 Å². The maximum absolute atomic E-state index is 11.2. The molecule has 1 amide bonds. The number of anilines is 1. The number of hydrogen-bond acceptors (Lipinski definition) is 4. The average Bonchev–Trinajstić information content (AvgIpc) is 2.35. The van der Waals surface area contributed by atoms with E-state index in [4.69, 9.17) is 16.6 Å². The Morgan fingerprint density at radius 3 is 2.47 bits per heavy atom. The molecule has 0 aliphatic rings. The number of nitrogens with two attached hydrogens (primary N) is 2. The lowest BCUT2D eigenvalue weighted by molar-refractivity contribution is -0.118. The standard InChI is InChI=1S/C12H19N3O2/c13-7-1-2-11(12(14)17)15-10-5-3-9(8-16)4-6-10/h3-6,11,15-16H,1-2,7-8,13H2,(H2,14,17)/t11-/m0/s1. The molecule has 1 rings (SSSR count). The first-order valence-electron chi connectivity index (χ1n) is 5.63. The molecule has 0 radical (unpaired) electrons. The number of rotatable bonds is 7. The Hall–Kier alpha value is -1.59. The topological polar surface area (TPSA) is 101 Å². The van der Waals surface area contributed by atoms with Crippen molar-refractivity contribution in [1.29, 1.82) is 0 Å². The number of hydrogen-bond donors (Lipinski definition) is 4. The number of amides is 1. The first-order valence-corrected chi connectivity index (χ1v) is 5.63. The predicted molar refractivity (Wildman–Crippen MR) is 67.3 cm³/mol. The van der Waals surface area contributed by atoms with Crippen molar-refractivity contribution in [3.8, 4) is 0 Å². The number of nitrogens with one attached hydrogen (secondary N) is 1. The molecule has 0 unspecified atom stereocenters. The molecule has 0 fully saturated rings. The van der Waals surface area contributed by atoms with E-state index in [1.165, 1.54) is 0 Å². The van der Waals surface area contributed by atoms with E-state index in [-0.39, 0.29) is 12.5 Å². The summed E-state index contributed by atoms with van der Waals surface area (Å²) in [6.07, 6.45) is 1.36. The highest BCUT2D eigenvalue weighted by Crippen LogP contribution is 2.12. The number of benzene rings is 1. The van der Waals surface area contributed by atoms with Crippen LogP contribution in [0.4, 0.5) is 5.69 Å². The minimum absolute atomic E-state index is 0.00665. The minimum Gasteiger partial charge on any atom is -0.392 e. The lowest BCUT2D eigenvalue weighted by atomic mass is 10.1. The van der Waals surface area contributed by atoms with Crippen LogP contribution in [0.15, 0.2) is 24.3 Å². The van der Waals surface area contributed by atoms with Gasteiger partial charge in [0.1, 0.15) is 6.04 Å². The molecule has 0 saturated carbocycles. The van der Waals surface area contributed by atoms with Crippen molar-refractivity contribution in [3.05, 3.63) is 29.8 Å². The Kier molecular flexibility index (Phi) is 5.45. The van der Waals surface area contributed by atoms with Gasteiger partial charge in [-0.15, -0.1) is 0 Å². The zero-order chi connectivity index (χ0) is 12.7. The number of aliphatic hydroxyl groups excluding tert-OH is 1. The van der Waals surface area contributed by atoms with Crippen molar-refractivity contribution in [2.75, 3.05) is 11.9 Å². The van der Waals surface area contributed by atoms with Crippen molar-refractivity contribution in [1.82, 2.24) is 0 Å². The van der Waals surface area contributed by atoms with E-state index in [1.54, 1.807) is 12.1 Å².